The smallest absolute Gasteiger partial charge is 0.337 e. The maximum absolute atomic E-state index is 12.3. The topological polar surface area (TPSA) is 117 Å². The lowest BCUT2D eigenvalue weighted by molar-refractivity contribution is -0.129. The van der Waals surface area contributed by atoms with Crippen molar-refractivity contribution in [2.45, 2.75) is 6.92 Å². The van der Waals surface area contributed by atoms with Gasteiger partial charge in [0.2, 0.25) is 0 Å². The van der Waals surface area contributed by atoms with E-state index >= 15 is 0 Å². The summed E-state index contributed by atoms with van der Waals surface area (Å²) in [6.07, 6.45) is 1.23. The highest BCUT2D eigenvalue weighted by Gasteiger charge is 2.34. The van der Waals surface area contributed by atoms with E-state index in [1.54, 1.807) is 19.1 Å². The maximum Gasteiger partial charge on any atom is 0.337 e. The number of carbonyl (C=O) groups is 4. The third-order valence-electron chi connectivity index (χ3n) is 3.90. The van der Waals surface area contributed by atoms with E-state index in [4.69, 9.17) is 21.1 Å². The fourth-order valence-electron chi connectivity index (χ4n) is 2.55. The van der Waals surface area contributed by atoms with Crippen molar-refractivity contribution in [1.82, 2.24) is 10.2 Å². The Hall–Kier alpha value is -3.39. The Balaban J connectivity index is 1.94. The molecule has 1 aromatic heterocycles. The number of amides is 4. The number of benzene rings is 1. The summed E-state index contributed by atoms with van der Waals surface area (Å²) >= 11 is 5.85. The molecule has 1 fully saturated rings. The van der Waals surface area contributed by atoms with Crippen LogP contribution >= 0.6 is 11.6 Å². The minimum Gasteiger partial charge on any atom is -0.478 e. The molecule has 4 amide bonds. The van der Waals surface area contributed by atoms with E-state index in [0.29, 0.717) is 11.3 Å². The summed E-state index contributed by atoms with van der Waals surface area (Å²) in [7, 11) is 0. The van der Waals surface area contributed by atoms with Crippen molar-refractivity contribution in [3.05, 3.63) is 52.3 Å². The first-order chi connectivity index (χ1) is 12.8. The second-order valence-electron chi connectivity index (χ2n) is 5.57. The first-order valence-corrected chi connectivity index (χ1v) is 8.21. The predicted octanol–water partition coefficient (Wildman–Crippen LogP) is 2.78. The second-order valence-corrected chi connectivity index (χ2v) is 5.98. The summed E-state index contributed by atoms with van der Waals surface area (Å²) in [5.74, 6) is -2.19. The molecular weight excluding hydrogens is 376 g/mol. The third-order valence-corrected chi connectivity index (χ3v) is 4.23. The van der Waals surface area contributed by atoms with Crippen molar-refractivity contribution in [3.8, 4) is 11.3 Å². The number of urea groups is 1. The zero-order valence-corrected chi connectivity index (χ0v) is 14.7. The number of nitrogens with zero attached hydrogens (tertiary/aromatic N) is 1. The number of hydrogen-bond donors (Lipinski definition) is 2. The molecule has 2 aromatic rings. The lowest BCUT2D eigenvalue weighted by Crippen LogP contribution is -2.53. The van der Waals surface area contributed by atoms with E-state index < -0.39 is 23.8 Å². The molecule has 0 radical (unpaired) electrons. The molecule has 3 rings (SSSR count). The Bertz CT molecular complexity index is 1010. The van der Waals surface area contributed by atoms with E-state index in [2.05, 4.69) is 5.32 Å². The molecule has 8 nitrogen and oxygen atoms in total. The van der Waals surface area contributed by atoms with Crippen LogP contribution < -0.4 is 5.32 Å². The molecule has 0 unspecified atom stereocenters. The first kappa shape index (κ1) is 18.4. The van der Waals surface area contributed by atoms with Crippen LogP contribution in [0.25, 0.3) is 17.4 Å². The fraction of sp³-hybridized carbons (Fsp3) is 0.111. The zero-order chi connectivity index (χ0) is 19.7. The van der Waals surface area contributed by atoms with Crippen LogP contribution in [-0.4, -0.2) is 40.4 Å². The van der Waals surface area contributed by atoms with Crippen molar-refractivity contribution < 1.29 is 28.7 Å². The van der Waals surface area contributed by atoms with Gasteiger partial charge in [-0.15, -0.1) is 0 Å². The van der Waals surface area contributed by atoms with Gasteiger partial charge in [0.15, 0.2) is 0 Å². The van der Waals surface area contributed by atoms with E-state index in [0.717, 1.165) is 4.90 Å². The molecule has 9 heteroatoms. The molecule has 2 N–H and O–H groups in total. The number of hydrogen-bond acceptors (Lipinski definition) is 5. The monoisotopic (exact) mass is 388 g/mol. The summed E-state index contributed by atoms with van der Waals surface area (Å²) in [6.45, 7) is 1.72. The van der Waals surface area contributed by atoms with Gasteiger partial charge in [0.1, 0.15) is 17.1 Å². The fourth-order valence-corrected chi connectivity index (χ4v) is 2.75. The number of aromatic carboxylic acids is 1. The number of rotatable bonds is 4. The molecule has 0 bridgehead atoms. The average molecular weight is 389 g/mol. The highest BCUT2D eigenvalue weighted by Crippen LogP contribution is 2.28. The number of carbonyl (C=O) groups excluding carboxylic acids is 3. The van der Waals surface area contributed by atoms with Crippen LogP contribution in [0.15, 0.2) is 40.3 Å². The minimum atomic E-state index is -1.18. The third kappa shape index (κ3) is 3.47. The molecule has 138 valence electrons. The molecule has 0 atom stereocenters. The Morgan fingerprint density at radius 2 is 2.00 bits per heavy atom. The summed E-state index contributed by atoms with van der Waals surface area (Å²) in [5.41, 5.74) is 0.148. The van der Waals surface area contributed by atoms with Crippen molar-refractivity contribution in [1.29, 1.82) is 0 Å². The Morgan fingerprint density at radius 1 is 1.26 bits per heavy atom. The molecule has 1 aliphatic rings. The summed E-state index contributed by atoms with van der Waals surface area (Å²) in [4.78, 5) is 47.9. The highest BCUT2D eigenvalue weighted by molar-refractivity contribution is 6.33. The van der Waals surface area contributed by atoms with Gasteiger partial charge < -0.3 is 9.52 Å². The van der Waals surface area contributed by atoms with Crippen LogP contribution in [0, 0.1) is 0 Å². The van der Waals surface area contributed by atoms with Gasteiger partial charge >= 0.3 is 12.0 Å². The van der Waals surface area contributed by atoms with Gasteiger partial charge in [0.05, 0.1) is 10.6 Å². The average Bonchev–Trinajstić information content (AvgIpc) is 3.07. The van der Waals surface area contributed by atoms with Crippen LogP contribution in [0.2, 0.25) is 5.02 Å². The first-order valence-electron chi connectivity index (χ1n) is 7.83. The molecule has 1 saturated heterocycles. The van der Waals surface area contributed by atoms with Crippen LogP contribution in [0.5, 0.6) is 0 Å². The van der Waals surface area contributed by atoms with Crippen molar-refractivity contribution in [2.24, 2.45) is 0 Å². The summed E-state index contributed by atoms with van der Waals surface area (Å²) < 4.78 is 5.59. The van der Waals surface area contributed by atoms with E-state index in [1.165, 1.54) is 24.3 Å². The van der Waals surface area contributed by atoms with Gasteiger partial charge in [0.25, 0.3) is 11.8 Å². The maximum atomic E-state index is 12.3. The number of furan rings is 1. The Kier molecular flexibility index (Phi) is 4.83. The Labute approximate surface area is 158 Å². The van der Waals surface area contributed by atoms with E-state index in [9.17, 15) is 19.2 Å². The molecule has 0 spiro atoms. The molecule has 1 aliphatic heterocycles. The predicted molar refractivity (Wildman–Crippen MR) is 95.0 cm³/mol. The molecule has 27 heavy (non-hydrogen) atoms. The van der Waals surface area contributed by atoms with Crippen molar-refractivity contribution in [3.63, 3.8) is 0 Å². The van der Waals surface area contributed by atoms with Crippen LogP contribution in [0.3, 0.4) is 0 Å². The normalized spacial score (nSPS) is 16.0. The second kappa shape index (κ2) is 7.08. The molecular formula is C18H13ClN2O6. The minimum absolute atomic E-state index is 0.0793. The summed E-state index contributed by atoms with van der Waals surface area (Å²) in [5, 5.41) is 11.3. The highest BCUT2D eigenvalue weighted by atomic mass is 35.5. The molecule has 1 aromatic carbocycles. The number of imide groups is 2. The van der Waals surface area contributed by atoms with Gasteiger partial charge in [-0.2, -0.15) is 0 Å². The molecule has 0 aliphatic carbocycles. The standard InChI is InChI=1S/C18H13ClN2O6/c1-2-21-16(23)12(15(22)20-18(21)26)8-10-4-6-14(27-10)9-3-5-13(19)11(7-9)17(24)25/h3-8H,2H2,1H3,(H,24,25)(H,20,22,26)/b12-8+. The van der Waals surface area contributed by atoms with Crippen molar-refractivity contribution in [2.75, 3.05) is 6.54 Å². The van der Waals surface area contributed by atoms with Gasteiger partial charge in [-0.05, 0) is 43.3 Å². The van der Waals surface area contributed by atoms with Gasteiger partial charge in [-0.3, -0.25) is 19.8 Å². The van der Waals surface area contributed by atoms with Crippen LogP contribution in [0.1, 0.15) is 23.0 Å². The lowest BCUT2D eigenvalue weighted by atomic mass is 10.1. The van der Waals surface area contributed by atoms with Gasteiger partial charge in [0, 0.05) is 12.1 Å². The summed E-state index contributed by atoms with van der Waals surface area (Å²) in [6, 6.07) is 6.69. The van der Waals surface area contributed by atoms with E-state index in [1.807, 2.05) is 0 Å². The number of barbiturate groups is 1. The number of carboxylic acids is 1. The number of halogens is 1. The Morgan fingerprint density at radius 3 is 2.67 bits per heavy atom. The largest absolute Gasteiger partial charge is 0.478 e. The van der Waals surface area contributed by atoms with Crippen LogP contribution in [0.4, 0.5) is 4.79 Å². The van der Waals surface area contributed by atoms with Crippen LogP contribution in [-0.2, 0) is 9.59 Å². The van der Waals surface area contributed by atoms with E-state index in [-0.39, 0.29) is 28.5 Å². The number of carboxylic acid groups (broad SMARTS) is 1. The van der Waals surface area contributed by atoms with Gasteiger partial charge in [-0.1, -0.05) is 11.6 Å². The molecule has 2 heterocycles. The SMILES string of the molecule is CCN1C(=O)NC(=O)/C(=C\c2ccc(-c3ccc(Cl)c(C(=O)O)c3)o2)C1=O. The lowest BCUT2D eigenvalue weighted by Gasteiger charge is -2.24. The quantitative estimate of drug-likeness (QED) is 0.614. The molecule has 0 saturated carbocycles. The number of likely N-dealkylation sites (N-methyl/N-ethyl adjacent to an activating group) is 1. The van der Waals surface area contributed by atoms with Gasteiger partial charge in [-0.25, -0.2) is 9.59 Å². The number of nitrogens with one attached hydrogen (secondary N) is 1. The van der Waals surface area contributed by atoms with Crippen molar-refractivity contribution >= 4 is 41.5 Å². The zero-order valence-electron chi connectivity index (χ0n) is 14.0.